The van der Waals surface area contributed by atoms with Gasteiger partial charge in [0.15, 0.2) is 0 Å². The summed E-state index contributed by atoms with van der Waals surface area (Å²) in [7, 11) is 0. The van der Waals surface area contributed by atoms with Gasteiger partial charge in [-0.3, -0.25) is 4.79 Å². The lowest BCUT2D eigenvalue weighted by molar-refractivity contribution is -0.120. The number of carbonyl (C=O) groups excluding carboxylic acids is 1. The lowest BCUT2D eigenvalue weighted by atomic mass is 9.95. The maximum absolute atomic E-state index is 11.5. The standard InChI is InChI=1S/C12H22N2O2/c1-2-3-6-13-12(15)8-14-10-7-9-4-5-11(10)16-9/h9-11,14H,2-8H2,1H3,(H,13,15). The molecule has 2 heterocycles. The zero-order chi connectivity index (χ0) is 11.4. The van der Waals surface area contributed by atoms with Gasteiger partial charge in [0.25, 0.3) is 0 Å². The Morgan fingerprint density at radius 3 is 2.94 bits per heavy atom. The van der Waals surface area contributed by atoms with Crippen molar-refractivity contribution in [3.8, 4) is 0 Å². The SMILES string of the molecule is CCCCNC(=O)CNC1CC2CCC1O2. The topological polar surface area (TPSA) is 50.4 Å². The summed E-state index contributed by atoms with van der Waals surface area (Å²) in [5, 5.41) is 6.21. The van der Waals surface area contributed by atoms with E-state index in [-0.39, 0.29) is 5.91 Å². The maximum atomic E-state index is 11.5. The summed E-state index contributed by atoms with van der Waals surface area (Å²) in [6.45, 7) is 3.35. The lowest BCUT2D eigenvalue weighted by Crippen LogP contribution is -2.43. The molecule has 2 N–H and O–H groups in total. The largest absolute Gasteiger partial charge is 0.373 e. The molecule has 0 aromatic heterocycles. The second-order valence-corrected chi connectivity index (χ2v) is 4.80. The van der Waals surface area contributed by atoms with Crippen LogP contribution in [0.1, 0.15) is 39.0 Å². The number of nitrogens with one attached hydrogen (secondary N) is 2. The van der Waals surface area contributed by atoms with E-state index in [1.165, 1.54) is 6.42 Å². The summed E-state index contributed by atoms with van der Waals surface area (Å²) in [5.41, 5.74) is 0. The molecule has 0 radical (unpaired) electrons. The van der Waals surface area contributed by atoms with E-state index in [0.29, 0.717) is 24.8 Å². The summed E-state index contributed by atoms with van der Waals surface area (Å²) in [5.74, 6) is 0.108. The van der Waals surface area contributed by atoms with E-state index >= 15 is 0 Å². The Bertz CT molecular complexity index is 245. The van der Waals surface area contributed by atoms with E-state index in [4.69, 9.17) is 4.74 Å². The van der Waals surface area contributed by atoms with E-state index < -0.39 is 0 Å². The lowest BCUT2D eigenvalue weighted by Gasteiger charge is -2.19. The quantitative estimate of drug-likeness (QED) is 0.659. The van der Waals surface area contributed by atoms with Gasteiger partial charge < -0.3 is 15.4 Å². The van der Waals surface area contributed by atoms with Crippen LogP contribution < -0.4 is 10.6 Å². The van der Waals surface area contributed by atoms with Crippen LogP contribution in [0.15, 0.2) is 0 Å². The molecule has 3 atom stereocenters. The monoisotopic (exact) mass is 226 g/mol. The Kier molecular flexibility index (Phi) is 4.18. The first kappa shape index (κ1) is 11.9. The average molecular weight is 226 g/mol. The molecule has 2 fully saturated rings. The first-order valence-electron chi connectivity index (χ1n) is 6.45. The molecule has 92 valence electrons. The fourth-order valence-electron chi connectivity index (χ4n) is 2.54. The molecule has 2 rings (SSSR count). The molecular weight excluding hydrogens is 204 g/mol. The van der Waals surface area contributed by atoms with E-state index in [1.807, 2.05) is 0 Å². The van der Waals surface area contributed by atoms with Crippen LogP contribution in [0.4, 0.5) is 0 Å². The van der Waals surface area contributed by atoms with E-state index in [1.54, 1.807) is 0 Å². The minimum atomic E-state index is 0.108. The molecule has 0 saturated carbocycles. The van der Waals surface area contributed by atoms with Crippen molar-refractivity contribution in [3.63, 3.8) is 0 Å². The Hall–Kier alpha value is -0.610. The highest BCUT2D eigenvalue weighted by atomic mass is 16.5. The van der Waals surface area contributed by atoms with Crippen LogP contribution in [0, 0.1) is 0 Å². The smallest absolute Gasteiger partial charge is 0.233 e. The fraction of sp³-hybridized carbons (Fsp3) is 0.917. The summed E-state index contributed by atoms with van der Waals surface area (Å²) in [6.07, 6.45) is 6.41. The van der Waals surface area contributed by atoms with Gasteiger partial charge in [0.1, 0.15) is 0 Å². The third-order valence-electron chi connectivity index (χ3n) is 3.48. The minimum absolute atomic E-state index is 0.108. The second kappa shape index (κ2) is 5.64. The van der Waals surface area contributed by atoms with Crippen molar-refractivity contribution in [2.45, 2.75) is 57.3 Å². The molecule has 2 saturated heterocycles. The van der Waals surface area contributed by atoms with Crippen LogP contribution in [-0.2, 0) is 9.53 Å². The Morgan fingerprint density at radius 1 is 1.44 bits per heavy atom. The summed E-state index contributed by atoms with van der Waals surface area (Å²) >= 11 is 0. The molecule has 3 unspecified atom stereocenters. The molecule has 1 amide bonds. The Balaban J connectivity index is 1.59. The molecule has 4 nitrogen and oxygen atoms in total. The molecule has 4 heteroatoms. The Morgan fingerprint density at radius 2 is 2.31 bits per heavy atom. The van der Waals surface area contributed by atoms with Gasteiger partial charge in [-0.05, 0) is 25.7 Å². The first-order valence-corrected chi connectivity index (χ1v) is 6.45. The van der Waals surface area contributed by atoms with Gasteiger partial charge in [-0.2, -0.15) is 0 Å². The highest BCUT2D eigenvalue weighted by Crippen LogP contribution is 2.34. The highest BCUT2D eigenvalue weighted by Gasteiger charge is 2.40. The van der Waals surface area contributed by atoms with Crippen LogP contribution in [0.5, 0.6) is 0 Å². The van der Waals surface area contributed by atoms with Gasteiger partial charge in [0, 0.05) is 12.6 Å². The number of rotatable bonds is 6. The van der Waals surface area contributed by atoms with Crippen molar-refractivity contribution in [2.75, 3.05) is 13.1 Å². The molecule has 0 aromatic rings. The first-order chi connectivity index (χ1) is 7.79. The predicted molar refractivity (Wildman–Crippen MR) is 62.2 cm³/mol. The summed E-state index contributed by atoms with van der Waals surface area (Å²) in [6, 6.07) is 0.399. The van der Waals surface area contributed by atoms with Gasteiger partial charge >= 0.3 is 0 Å². The molecule has 2 aliphatic rings. The molecular formula is C12H22N2O2. The van der Waals surface area contributed by atoms with Crippen LogP contribution in [0.2, 0.25) is 0 Å². The van der Waals surface area contributed by atoms with E-state index in [0.717, 1.165) is 32.2 Å². The minimum Gasteiger partial charge on any atom is -0.373 e. The Labute approximate surface area is 97.1 Å². The number of unbranched alkanes of at least 4 members (excludes halogenated alkanes) is 1. The van der Waals surface area contributed by atoms with E-state index in [9.17, 15) is 4.79 Å². The van der Waals surface area contributed by atoms with Gasteiger partial charge in [-0.1, -0.05) is 13.3 Å². The average Bonchev–Trinajstić information content (AvgIpc) is 2.88. The summed E-state index contributed by atoms with van der Waals surface area (Å²) < 4.78 is 5.72. The summed E-state index contributed by atoms with van der Waals surface area (Å²) in [4.78, 5) is 11.5. The van der Waals surface area contributed by atoms with Crippen molar-refractivity contribution in [2.24, 2.45) is 0 Å². The molecule has 0 aliphatic carbocycles. The third kappa shape index (κ3) is 2.95. The molecule has 0 aromatic carbocycles. The van der Waals surface area contributed by atoms with Crippen molar-refractivity contribution in [1.82, 2.24) is 10.6 Å². The second-order valence-electron chi connectivity index (χ2n) is 4.80. The molecule has 2 bridgehead atoms. The number of carbonyl (C=O) groups is 1. The normalized spacial score (nSPS) is 31.9. The fourth-order valence-corrected chi connectivity index (χ4v) is 2.54. The van der Waals surface area contributed by atoms with Crippen LogP contribution in [-0.4, -0.2) is 37.2 Å². The van der Waals surface area contributed by atoms with Crippen LogP contribution in [0.3, 0.4) is 0 Å². The van der Waals surface area contributed by atoms with Gasteiger partial charge in [-0.15, -0.1) is 0 Å². The number of fused-ring (bicyclic) bond motifs is 2. The van der Waals surface area contributed by atoms with Gasteiger partial charge in [0.2, 0.25) is 5.91 Å². The zero-order valence-electron chi connectivity index (χ0n) is 10.00. The maximum Gasteiger partial charge on any atom is 0.233 e. The van der Waals surface area contributed by atoms with Crippen LogP contribution in [0.25, 0.3) is 0 Å². The molecule has 16 heavy (non-hydrogen) atoms. The van der Waals surface area contributed by atoms with E-state index in [2.05, 4.69) is 17.6 Å². The highest BCUT2D eigenvalue weighted by molar-refractivity contribution is 5.77. The number of hydrogen-bond acceptors (Lipinski definition) is 3. The predicted octanol–water partition coefficient (Wildman–Crippen LogP) is 0.812. The van der Waals surface area contributed by atoms with Crippen molar-refractivity contribution >= 4 is 5.91 Å². The van der Waals surface area contributed by atoms with Gasteiger partial charge in [0.05, 0.1) is 18.8 Å². The molecule has 0 spiro atoms. The van der Waals surface area contributed by atoms with Crippen molar-refractivity contribution in [1.29, 1.82) is 0 Å². The van der Waals surface area contributed by atoms with Gasteiger partial charge in [-0.25, -0.2) is 0 Å². The molecule has 2 aliphatic heterocycles. The van der Waals surface area contributed by atoms with Crippen molar-refractivity contribution < 1.29 is 9.53 Å². The van der Waals surface area contributed by atoms with Crippen molar-refractivity contribution in [3.05, 3.63) is 0 Å². The number of hydrogen-bond donors (Lipinski definition) is 2. The van der Waals surface area contributed by atoms with Crippen LogP contribution >= 0.6 is 0 Å². The number of ether oxygens (including phenoxy) is 1. The number of amides is 1. The zero-order valence-corrected chi connectivity index (χ0v) is 10.00. The third-order valence-corrected chi connectivity index (χ3v) is 3.48.